The monoisotopic (exact) mass is 914 g/mol. The molecular weight excluding hydrogens is 849 g/mol. The lowest BCUT2D eigenvalue weighted by atomic mass is 9.77. The third-order valence-corrected chi connectivity index (χ3v) is 27.1. The lowest BCUT2D eigenvalue weighted by Crippen LogP contribution is -2.64. The highest BCUT2D eigenvalue weighted by molar-refractivity contribution is 7.89. The second-order valence-corrected chi connectivity index (χ2v) is 32.2. The number of nitrogens with zero attached hydrogens (tertiary/aromatic N) is 6. The minimum atomic E-state index is -4.60. The van der Waals surface area contributed by atoms with E-state index in [0.717, 1.165) is 9.87 Å². The average Bonchev–Trinajstić information content (AvgIpc) is 3.74. The predicted octanol–water partition coefficient (Wildman–Crippen LogP) is 10.1. The zero-order chi connectivity index (χ0) is 46.4. The van der Waals surface area contributed by atoms with Crippen LogP contribution in [0.15, 0.2) is 94.9 Å². The number of benzene rings is 3. The molecule has 3 fully saturated rings. The van der Waals surface area contributed by atoms with E-state index >= 15 is 22.8 Å². The summed E-state index contributed by atoms with van der Waals surface area (Å²) in [5.74, 6) is -4.81. The van der Waals surface area contributed by atoms with Gasteiger partial charge in [-0.05, 0) is 70.5 Å². The van der Waals surface area contributed by atoms with Crippen LogP contribution < -0.4 is 0 Å². The molecule has 2 heterocycles. The lowest BCUT2D eigenvalue weighted by molar-refractivity contribution is -0.137. The maximum atomic E-state index is 16.1. The van der Waals surface area contributed by atoms with Crippen LogP contribution in [-0.2, 0) is 41.6 Å². The van der Waals surface area contributed by atoms with Gasteiger partial charge in [0.05, 0.1) is 36.0 Å². The fraction of sp³-hybridized carbons (Fsp3) is 0.553. The fourth-order valence-corrected chi connectivity index (χ4v) is 18.9. The highest BCUT2D eigenvalue weighted by Gasteiger charge is 2.79. The molecule has 0 N–H and O–H groups in total. The van der Waals surface area contributed by atoms with Gasteiger partial charge in [0.1, 0.15) is 5.54 Å². The molecule has 4 amide bonds. The summed E-state index contributed by atoms with van der Waals surface area (Å²) in [6, 6.07) is 21.5. The van der Waals surface area contributed by atoms with Gasteiger partial charge in [0, 0.05) is 29.9 Å². The molecule has 3 aromatic carbocycles. The topological polar surface area (TPSA) is 162 Å². The highest BCUT2D eigenvalue weighted by Crippen LogP contribution is 2.60. The van der Waals surface area contributed by atoms with Crippen LogP contribution in [0.25, 0.3) is 10.4 Å². The summed E-state index contributed by atoms with van der Waals surface area (Å²) in [5.41, 5.74) is 11.0. The Hall–Kier alpha value is -4.32. The van der Waals surface area contributed by atoms with Crippen molar-refractivity contribution in [3.63, 3.8) is 0 Å². The second-order valence-electron chi connectivity index (χ2n) is 20.1. The minimum absolute atomic E-state index is 0.0810. The smallest absolute Gasteiger partial charge is 0.328 e. The molecule has 0 bridgehead atoms. The van der Waals surface area contributed by atoms with Gasteiger partial charge in [-0.1, -0.05) is 146 Å². The van der Waals surface area contributed by atoms with Crippen molar-refractivity contribution in [1.29, 1.82) is 0 Å². The number of imide groups is 1. The van der Waals surface area contributed by atoms with Crippen molar-refractivity contribution in [1.82, 2.24) is 14.1 Å². The van der Waals surface area contributed by atoms with Crippen LogP contribution in [-0.4, -0.2) is 87.8 Å². The van der Waals surface area contributed by atoms with Crippen molar-refractivity contribution in [2.45, 2.75) is 140 Å². The first kappa shape index (κ1) is 48.1. The van der Waals surface area contributed by atoms with Gasteiger partial charge in [0.25, 0.3) is 15.9 Å². The number of azide groups is 1. The summed E-state index contributed by atoms with van der Waals surface area (Å²) in [5, 5.41) is 4.18. The van der Waals surface area contributed by atoms with Crippen molar-refractivity contribution in [3.8, 4) is 0 Å². The molecule has 0 aromatic heterocycles. The van der Waals surface area contributed by atoms with Gasteiger partial charge in [0.15, 0.2) is 16.6 Å². The van der Waals surface area contributed by atoms with Crippen LogP contribution in [0.4, 0.5) is 4.79 Å². The standard InChI is InChI=1S/C47H66N6O7SSi2/c1-31(2)63(32(3)4,33(5)6)60-30-39-41-40(43(54)53(39)61(57,58)37-25-23-34(7)24-26-37)38(29-59-62(11,12)46(8,9)10)42(49-50-48)47(41)44(55)51(27-35-19-15-13-16-20-35)45(56)52(47)28-36-21-17-14-18-22-36/h13-26,31-33,38-42H,27-30H2,1-12H3/t38-,39+,40+,41+,42+,47-/m0/s1. The first-order valence-corrected chi connectivity index (χ1v) is 28.7. The average molecular weight is 915 g/mol. The van der Waals surface area contributed by atoms with E-state index in [1.807, 2.05) is 67.6 Å². The zero-order valence-electron chi connectivity index (χ0n) is 39.0. The summed E-state index contributed by atoms with van der Waals surface area (Å²) in [6.45, 7) is 24.5. The molecule has 1 saturated carbocycles. The molecule has 0 unspecified atom stereocenters. The Bertz CT molecular complexity index is 2300. The largest absolute Gasteiger partial charge is 0.417 e. The van der Waals surface area contributed by atoms with Crippen molar-refractivity contribution in [3.05, 3.63) is 112 Å². The number of hydrogen-bond donors (Lipinski definition) is 0. The van der Waals surface area contributed by atoms with Crippen molar-refractivity contribution >= 4 is 44.5 Å². The Balaban J connectivity index is 1.68. The maximum absolute atomic E-state index is 16.1. The van der Waals surface area contributed by atoms with Crippen molar-refractivity contribution in [2.75, 3.05) is 13.2 Å². The molecule has 13 nitrogen and oxygen atoms in total. The molecule has 6 rings (SSSR count). The van der Waals surface area contributed by atoms with E-state index in [2.05, 4.69) is 85.4 Å². The summed E-state index contributed by atoms with van der Waals surface area (Å²) in [4.78, 5) is 53.0. The number of hydrogen-bond acceptors (Lipinski definition) is 8. The van der Waals surface area contributed by atoms with Gasteiger partial charge >= 0.3 is 6.03 Å². The molecule has 0 radical (unpaired) electrons. The number of aryl methyl sites for hydroxylation is 1. The van der Waals surface area contributed by atoms with Gasteiger partial charge in [-0.15, -0.1) is 0 Å². The molecular formula is C47H66N6O7SSi2. The number of rotatable bonds is 16. The Morgan fingerprint density at radius 1 is 0.794 bits per heavy atom. The van der Waals surface area contributed by atoms with Crippen LogP contribution >= 0.6 is 0 Å². The first-order valence-electron chi connectivity index (χ1n) is 22.2. The van der Waals surface area contributed by atoms with Crippen LogP contribution in [0, 0.1) is 24.7 Å². The number of fused-ring (bicyclic) bond motifs is 2. The van der Waals surface area contributed by atoms with Crippen molar-refractivity contribution < 1.29 is 31.7 Å². The third-order valence-electron chi connectivity index (χ3n) is 14.7. The number of carbonyl (C=O) groups is 3. The highest BCUT2D eigenvalue weighted by atomic mass is 32.2. The SMILES string of the molecule is Cc1ccc(S(=O)(=O)N2C(=O)[C@@H]3[C@H](CO[Si](C)(C)C(C)(C)C)[C@@H](N=[N+]=[N-])[C@]4(C(=O)N(Cc5ccccc5)C(=O)N4Cc4ccccc4)[C@@H]3[C@H]2CO[Si](C(C)C)(C(C)C)C(C)C)cc1. The van der Waals surface area contributed by atoms with Crippen LogP contribution in [0.3, 0.4) is 0 Å². The summed E-state index contributed by atoms with van der Waals surface area (Å²) in [6.07, 6.45) is 0. The molecule has 2 saturated heterocycles. The molecule has 2 aliphatic heterocycles. The lowest BCUT2D eigenvalue weighted by Gasteiger charge is -2.46. The molecule has 6 atom stereocenters. The Morgan fingerprint density at radius 3 is 1.81 bits per heavy atom. The van der Waals surface area contributed by atoms with E-state index in [1.165, 1.54) is 21.9 Å². The summed E-state index contributed by atoms with van der Waals surface area (Å²) < 4.78 is 45.7. The van der Waals surface area contributed by atoms with Crippen LogP contribution in [0.2, 0.25) is 34.8 Å². The van der Waals surface area contributed by atoms with Gasteiger partial charge in [0.2, 0.25) is 5.91 Å². The maximum Gasteiger partial charge on any atom is 0.328 e. The number of amides is 4. The minimum Gasteiger partial charge on any atom is -0.417 e. The second kappa shape index (κ2) is 17.9. The van der Waals surface area contributed by atoms with E-state index in [1.54, 1.807) is 12.1 Å². The van der Waals surface area contributed by atoms with E-state index < -0.39 is 79.9 Å². The zero-order valence-corrected chi connectivity index (χ0v) is 41.8. The summed E-state index contributed by atoms with van der Waals surface area (Å²) >= 11 is 0. The van der Waals surface area contributed by atoms with E-state index in [9.17, 15) is 5.53 Å². The first-order chi connectivity index (χ1) is 29.5. The molecule has 1 aliphatic carbocycles. The van der Waals surface area contributed by atoms with Crippen LogP contribution in [0.5, 0.6) is 0 Å². The van der Waals surface area contributed by atoms with Gasteiger partial charge in [-0.3, -0.25) is 14.5 Å². The summed E-state index contributed by atoms with van der Waals surface area (Å²) in [7, 11) is -9.98. The Kier molecular flexibility index (Phi) is 13.7. The Labute approximate surface area is 376 Å². The van der Waals surface area contributed by atoms with E-state index in [-0.39, 0.29) is 52.9 Å². The van der Waals surface area contributed by atoms with Gasteiger partial charge in [-0.2, -0.15) is 0 Å². The normalized spacial score (nSPS) is 24.4. The fourth-order valence-electron chi connectivity index (χ4n) is 10.8. The molecule has 340 valence electrons. The van der Waals surface area contributed by atoms with E-state index in [0.29, 0.717) is 11.1 Å². The number of sulfonamides is 1. The molecule has 3 aromatic rings. The van der Waals surface area contributed by atoms with Gasteiger partial charge < -0.3 is 13.8 Å². The quantitative estimate of drug-likeness (QED) is 0.0454. The molecule has 16 heteroatoms. The molecule has 3 aliphatic rings. The van der Waals surface area contributed by atoms with Crippen molar-refractivity contribution in [2.24, 2.45) is 22.9 Å². The number of carbonyl (C=O) groups excluding carboxylic acids is 3. The van der Waals surface area contributed by atoms with Crippen LogP contribution in [0.1, 0.15) is 79.0 Å². The third kappa shape index (κ3) is 8.20. The number of urea groups is 1. The molecule has 1 spiro atoms. The molecule has 63 heavy (non-hydrogen) atoms. The predicted molar refractivity (Wildman–Crippen MR) is 250 cm³/mol. The Morgan fingerprint density at radius 2 is 1.32 bits per heavy atom. The van der Waals surface area contributed by atoms with Gasteiger partial charge in [-0.25, -0.2) is 17.5 Å². The van der Waals surface area contributed by atoms with E-state index in [4.69, 9.17) is 8.85 Å².